The smallest absolute Gasteiger partial charge is 0.293 e. The maximum Gasteiger partial charge on any atom is 0.293 e. The highest BCUT2D eigenvalue weighted by molar-refractivity contribution is 8.18. The predicted octanol–water partition coefficient (Wildman–Crippen LogP) is 5.03. The minimum absolute atomic E-state index is 0.257. The Balaban J connectivity index is 1.79. The molecule has 6 heteroatoms. The largest absolute Gasteiger partial charge is 0.493 e. The van der Waals surface area contributed by atoms with Crippen molar-refractivity contribution < 1.29 is 19.1 Å². The lowest BCUT2D eigenvalue weighted by Gasteiger charge is -2.13. The molecular weight excluding hydrogens is 374 g/mol. The van der Waals surface area contributed by atoms with Crippen LogP contribution in [0.3, 0.4) is 0 Å². The summed E-state index contributed by atoms with van der Waals surface area (Å²) in [6.07, 6.45) is 2.62. The van der Waals surface area contributed by atoms with Crippen molar-refractivity contribution in [1.82, 2.24) is 4.90 Å². The van der Waals surface area contributed by atoms with Gasteiger partial charge >= 0.3 is 0 Å². The Hall–Kier alpha value is -2.73. The highest BCUT2D eigenvalue weighted by atomic mass is 32.2. The van der Waals surface area contributed by atoms with Gasteiger partial charge in [-0.25, -0.2) is 0 Å². The van der Waals surface area contributed by atoms with E-state index in [-0.39, 0.29) is 17.7 Å². The molecule has 2 aromatic rings. The number of methoxy groups -OCH3 is 1. The third kappa shape index (κ3) is 4.57. The summed E-state index contributed by atoms with van der Waals surface area (Å²) in [6, 6.07) is 13.3. The third-order valence-electron chi connectivity index (χ3n) is 4.24. The Morgan fingerprint density at radius 1 is 1.11 bits per heavy atom. The Labute approximate surface area is 169 Å². The van der Waals surface area contributed by atoms with E-state index in [0.717, 1.165) is 34.9 Å². The molecule has 1 aliphatic heterocycles. The SMILES string of the molecule is CCCOc1ccc(/C=C2\SC(=O)N(Cc3cccc(C)c3)C2=O)cc1OC. The monoisotopic (exact) mass is 397 g/mol. The highest BCUT2D eigenvalue weighted by Gasteiger charge is 2.35. The van der Waals surface area contributed by atoms with Gasteiger partial charge in [0.15, 0.2) is 11.5 Å². The zero-order chi connectivity index (χ0) is 20.1. The van der Waals surface area contributed by atoms with Crippen LogP contribution >= 0.6 is 11.8 Å². The Bertz CT molecular complexity index is 923. The first-order valence-electron chi connectivity index (χ1n) is 9.13. The molecule has 0 saturated carbocycles. The summed E-state index contributed by atoms with van der Waals surface area (Å²) >= 11 is 0.958. The van der Waals surface area contributed by atoms with Crippen LogP contribution in [0.4, 0.5) is 4.79 Å². The van der Waals surface area contributed by atoms with E-state index in [0.29, 0.717) is 23.0 Å². The van der Waals surface area contributed by atoms with E-state index in [2.05, 4.69) is 0 Å². The van der Waals surface area contributed by atoms with Gasteiger partial charge in [0.25, 0.3) is 11.1 Å². The van der Waals surface area contributed by atoms with E-state index in [1.54, 1.807) is 19.3 Å². The number of benzene rings is 2. The number of rotatable bonds is 7. The summed E-state index contributed by atoms with van der Waals surface area (Å²) in [5.74, 6) is 0.983. The minimum atomic E-state index is -0.276. The van der Waals surface area contributed by atoms with E-state index in [4.69, 9.17) is 9.47 Å². The van der Waals surface area contributed by atoms with Crippen LogP contribution in [0, 0.1) is 6.92 Å². The molecule has 0 aliphatic carbocycles. The number of carbonyl (C=O) groups excluding carboxylic acids is 2. The number of amides is 2. The van der Waals surface area contributed by atoms with Crippen molar-refractivity contribution in [3.63, 3.8) is 0 Å². The average molecular weight is 397 g/mol. The summed E-state index contributed by atoms with van der Waals surface area (Å²) in [5.41, 5.74) is 2.81. The molecule has 28 heavy (non-hydrogen) atoms. The first-order chi connectivity index (χ1) is 13.5. The van der Waals surface area contributed by atoms with Gasteiger partial charge in [-0.1, -0.05) is 42.8 Å². The zero-order valence-electron chi connectivity index (χ0n) is 16.2. The van der Waals surface area contributed by atoms with Crippen molar-refractivity contribution in [3.05, 3.63) is 64.1 Å². The number of nitrogens with zero attached hydrogens (tertiary/aromatic N) is 1. The lowest BCUT2D eigenvalue weighted by Crippen LogP contribution is -2.27. The van der Waals surface area contributed by atoms with Crippen LogP contribution in [0.15, 0.2) is 47.4 Å². The first-order valence-corrected chi connectivity index (χ1v) is 9.95. The predicted molar refractivity (Wildman–Crippen MR) is 111 cm³/mol. The van der Waals surface area contributed by atoms with Crippen molar-refractivity contribution in [3.8, 4) is 11.5 Å². The Morgan fingerprint density at radius 2 is 1.93 bits per heavy atom. The van der Waals surface area contributed by atoms with Gasteiger partial charge in [0.2, 0.25) is 0 Å². The van der Waals surface area contributed by atoms with Gasteiger partial charge in [-0.3, -0.25) is 14.5 Å². The topological polar surface area (TPSA) is 55.8 Å². The lowest BCUT2D eigenvalue weighted by atomic mass is 10.1. The number of imide groups is 1. The number of carbonyl (C=O) groups is 2. The molecule has 2 aromatic carbocycles. The normalized spacial score (nSPS) is 15.4. The van der Waals surface area contributed by atoms with E-state index in [9.17, 15) is 9.59 Å². The molecule has 3 rings (SSSR count). The Morgan fingerprint density at radius 3 is 2.64 bits per heavy atom. The fourth-order valence-corrected chi connectivity index (χ4v) is 3.72. The molecule has 0 unspecified atom stereocenters. The fourth-order valence-electron chi connectivity index (χ4n) is 2.89. The molecule has 1 aliphatic rings. The number of thioether (sulfide) groups is 1. The second-order valence-corrected chi connectivity index (χ2v) is 7.51. The first kappa shape index (κ1) is 20.0. The molecule has 1 fully saturated rings. The number of aryl methyl sites for hydroxylation is 1. The maximum atomic E-state index is 12.7. The number of hydrogen-bond donors (Lipinski definition) is 0. The number of ether oxygens (including phenoxy) is 2. The van der Waals surface area contributed by atoms with Gasteiger partial charge < -0.3 is 9.47 Å². The molecule has 0 radical (unpaired) electrons. The number of hydrogen-bond acceptors (Lipinski definition) is 5. The Kier molecular flexibility index (Phi) is 6.41. The lowest BCUT2D eigenvalue weighted by molar-refractivity contribution is -0.123. The molecule has 0 atom stereocenters. The summed E-state index contributed by atoms with van der Waals surface area (Å²) in [4.78, 5) is 26.8. The van der Waals surface area contributed by atoms with Crippen molar-refractivity contribution in [2.75, 3.05) is 13.7 Å². The van der Waals surface area contributed by atoms with Crippen LogP contribution in [-0.4, -0.2) is 29.8 Å². The van der Waals surface area contributed by atoms with Crippen LogP contribution in [0.2, 0.25) is 0 Å². The van der Waals surface area contributed by atoms with Gasteiger partial charge in [-0.2, -0.15) is 0 Å². The highest BCUT2D eigenvalue weighted by Crippen LogP contribution is 2.35. The van der Waals surface area contributed by atoms with Crippen LogP contribution in [0.25, 0.3) is 6.08 Å². The van der Waals surface area contributed by atoms with Crippen molar-refractivity contribution >= 4 is 29.0 Å². The van der Waals surface area contributed by atoms with E-state index in [1.807, 2.05) is 50.2 Å². The fraction of sp³-hybridized carbons (Fsp3) is 0.273. The van der Waals surface area contributed by atoms with Gasteiger partial charge in [0, 0.05) is 0 Å². The minimum Gasteiger partial charge on any atom is -0.493 e. The molecule has 1 saturated heterocycles. The van der Waals surface area contributed by atoms with Crippen LogP contribution in [0.1, 0.15) is 30.0 Å². The molecule has 5 nitrogen and oxygen atoms in total. The van der Waals surface area contributed by atoms with Crippen LogP contribution in [-0.2, 0) is 11.3 Å². The van der Waals surface area contributed by atoms with Gasteiger partial charge in [-0.15, -0.1) is 0 Å². The summed E-state index contributed by atoms with van der Waals surface area (Å²) in [6.45, 7) is 4.90. The third-order valence-corrected chi connectivity index (χ3v) is 5.15. The average Bonchev–Trinajstić information content (AvgIpc) is 2.94. The van der Waals surface area contributed by atoms with Crippen molar-refractivity contribution in [2.45, 2.75) is 26.8 Å². The summed E-state index contributed by atoms with van der Waals surface area (Å²) < 4.78 is 11.0. The summed E-state index contributed by atoms with van der Waals surface area (Å²) in [5, 5.41) is -0.257. The molecular formula is C22H23NO4S. The van der Waals surface area contributed by atoms with Crippen LogP contribution in [0.5, 0.6) is 11.5 Å². The van der Waals surface area contributed by atoms with Gasteiger partial charge in [0.05, 0.1) is 25.2 Å². The zero-order valence-corrected chi connectivity index (χ0v) is 17.0. The van der Waals surface area contributed by atoms with E-state index in [1.165, 1.54) is 4.90 Å². The quantitative estimate of drug-likeness (QED) is 0.614. The van der Waals surface area contributed by atoms with Gasteiger partial charge in [-0.05, 0) is 54.4 Å². The second kappa shape index (κ2) is 8.97. The molecule has 2 amide bonds. The second-order valence-electron chi connectivity index (χ2n) is 6.52. The van der Waals surface area contributed by atoms with Crippen molar-refractivity contribution in [1.29, 1.82) is 0 Å². The molecule has 0 spiro atoms. The summed E-state index contributed by atoms with van der Waals surface area (Å²) in [7, 11) is 1.58. The molecule has 1 heterocycles. The molecule has 0 bridgehead atoms. The standard InChI is InChI=1S/C22H23NO4S/c1-4-10-27-18-9-8-16(12-19(18)26-3)13-20-21(24)23(22(25)28-20)14-17-7-5-6-15(2)11-17/h5-9,11-13H,4,10,14H2,1-3H3/b20-13-. The molecule has 146 valence electrons. The van der Waals surface area contributed by atoms with Gasteiger partial charge in [0.1, 0.15) is 0 Å². The maximum absolute atomic E-state index is 12.7. The van der Waals surface area contributed by atoms with Crippen LogP contribution < -0.4 is 9.47 Å². The van der Waals surface area contributed by atoms with E-state index >= 15 is 0 Å². The molecule has 0 N–H and O–H groups in total. The van der Waals surface area contributed by atoms with E-state index < -0.39 is 0 Å². The van der Waals surface area contributed by atoms with Crippen molar-refractivity contribution in [2.24, 2.45) is 0 Å². The molecule has 0 aromatic heterocycles.